The molecule has 1 aromatic rings. The molecule has 1 N–H and O–H groups in total. The summed E-state index contributed by atoms with van der Waals surface area (Å²) in [7, 11) is 0. The Hall–Kier alpha value is -1.04. The Labute approximate surface area is 110 Å². The Morgan fingerprint density at radius 1 is 1.32 bits per heavy atom. The molecule has 0 radical (unpaired) electrons. The van der Waals surface area contributed by atoms with Crippen molar-refractivity contribution in [2.45, 2.75) is 51.4 Å². The summed E-state index contributed by atoms with van der Waals surface area (Å²) in [4.78, 5) is 3.87. The Morgan fingerprint density at radius 2 is 2.11 bits per heavy atom. The lowest BCUT2D eigenvalue weighted by atomic mass is 10.1. The van der Waals surface area contributed by atoms with Crippen LogP contribution < -0.4 is 5.32 Å². The minimum absolute atomic E-state index is 0.0269. The number of alkyl halides is 3. The Balaban J connectivity index is 2.06. The van der Waals surface area contributed by atoms with Crippen LogP contribution in [0.3, 0.4) is 0 Å². The Morgan fingerprint density at radius 3 is 2.74 bits per heavy atom. The number of halogens is 3. The molecule has 1 aliphatic carbocycles. The van der Waals surface area contributed by atoms with Gasteiger partial charge in [0.05, 0.1) is 5.69 Å². The number of aromatic nitrogens is 2. The molecule has 3 nitrogen and oxygen atoms in total. The fourth-order valence-corrected chi connectivity index (χ4v) is 3.34. The third-order valence-electron chi connectivity index (χ3n) is 4.21. The van der Waals surface area contributed by atoms with Crippen molar-refractivity contribution >= 4 is 0 Å². The van der Waals surface area contributed by atoms with Gasteiger partial charge in [0, 0.05) is 31.2 Å². The van der Waals surface area contributed by atoms with Gasteiger partial charge in [-0.05, 0) is 25.2 Å². The number of nitrogens with zero attached hydrogens (tertiary/aromatic N) is 2. The van der Waals surface area contributed by atoms with Crippen LogP contribution in [-0.2, 0) is 19.1 Å². The van der Waals surface area contributed by atoms with Gasteiger partial charge in [-0.2, -0.15) is 13.2 Å². The van der Waals surface area contributed by atoms with E-state index in [4.69, 9.17) is 0 Å². The maximum atomic E-state index is 13.2. The van der Waals surface area contributed by atoms with Gasteiger partial charge < -0.3 is 9.88 Å². The van der Waals surface area contributed by atoms with Crippen LogP contribution in [0.4, 0.5) is 13.2 Å². The van der Waals surface area contributed by atoms with Gasteiger partial charge in [0.2, 0.25) is 5.82 Å². The van der Waals surface area contributed by atoms with Crippen molar-refractivity contribution in [3.8, 4) is 0 Å². The van der Waals surface area contributed by atoms with E-state index >= 15 is 0 Å². The fraction of sp³-hybridized carbons (Fsp3) is 0.769. The number of imidazole rings is 1. The highest BCUT2D eigenvalue weighted by Crippen LogP contribution is 2.40. The predicted octanol–water partition coefficient (Wildman–Crippen LogP) is 2.91. The van der Waals surface area contributed by atoms with Gasteiger partial charge >= 0.3 is 6.18 Å². The molecule has 1 aliphatic heterocycles. The van der Waals surface area contributed by atoms with Crippen LogP contribution in [0.2, 0.25) is 0 Å². The molecule has 1 fully saturated rings. The molecule has 0 amide bonds. The molecule has 19 heavy (non-hydrogen) atoms. The number of hydrogen-bond acceptors (Lipinski definition) is 2. The quantitative estimate of drug-likeness (QED) is 0.852. The van der Waals surface area contributed by atoms with E-state index in [0.717, 1.165) is 31.5 Å². The van der Waals surface area contributed by atoms with E-state index in [2.05, 4.69) is 17.2 Å². The van der Waals surface area contributed by atoms with Gasteiger partial charge in [0.25, 0.3) is 0 Å². The molecule has 2 aliphatic rings. The van der Waals surface area contributed by atoms with Crippen molar-refractivity contribution in [1.29, 1.82) is 0 Å². The van der Waals surface area contributed by atoms with Crippen LogP contribution in [0.25, 0.3) is 0 Å². The van der Waals surface area contributed by atoms with E-state index in [1.54, 1.807) is 0 Å². The van der Waals surface area contributed by atoms with Crippen LogP contribution in [0.15, 0.2) is 0 Å². The molecular formula is C13H18F3N3. The first-order valence-corrected chi connectivity index (χ1v) is 6.84. The van der Waals surface area contributed by atoms with Gasteiger partial charge in [0.15, 0.2) is 0 Å². The van der Waals surface area contributed by atoms with E-state index in [9.17, 15) is 13.2 Å². The summed E-state index contributed by atoms with van der Waals surface area (Å²) in [5.74, 6) is -0.189. The lowest BCUT2D eigenvalue weighted by Gasteiger charge is -2.22. The molecule has 106 valence electrons. The average Bonchev–Trinajstić information content (AvgIpc) is 2.91. The van der Waals surface area contributed by atoms with Crippen LogP contribution >= 0.6 is 0 Å². The Kier molecular flexibility index (Phi) is 3.08. The summed E-state index contributed by atoms with van der Waals surface area (Å²) in [6, 6.07) is -0.0269. The van der Waals surface area contributed by atoms with Gasteiger partial charge in [0.1, 0.15) is 0 Å². The zero-order valence-corrected chi connectivity index (χ0v) is 10.9. The molecule has 2 unspecified atom stereocenters. The number of hydrogen-bond donors (Lipinski definition) is 1. The van der Waals surface area contributed by atoms with E-state index in [1.807, 2.05) is 0 Å². The van der Waals surface area contributed by atoms with Crippen LogP contribution in [-0.4, -0.2) is 16.1 Å². The number of rotatable bonds is 1. The van der Waals surface area contributed by atoms with Crippen LogP contribution in [0.5, 0.6) is 0 Å². The third-order valence-corrected chi connectivity index (χ3v) is 4.21. The largest absolute Gasteiger partial charge is 0.449 e. The molecule has 3 rings (SSSR count). The standard InChI is InChI=1S/C13H18F3N3/c1-8-2-3-9(6-8)19-11-4-5-17-7-10(11)18-12(19)13(14,15)16/h8-9,17H,2-7H2,1H3. The van der Waals surface area contributed by atoms with E-state index in [1.165, 1.54) is 4.57 Å². The smallest absolute Gasteiger partial charge is 0.321 e. The highest BCUT2D eigenvalue weighted by molar-refractivity contribution is 5.23. The molecule has 1 aromatic heterocycles. The van der Waals surface area contributed by atoms with E-state index < -0.39 is 12.0 Å². The normalized spacial score (nSPS) is 27.6. The lowest BCUT2D eigenvalue weighted by molar-refractivity contribution is -0.148. The summed E-state index contributed by atoms with van der Waals surface area (Å²) in [6.07, 6.45) is -1.04. The third kappa shape index (κ3) is 2.26. The second-order valence-corrected chi connectivity index (χ2v) is 5.70. The first-order valence-electron chi connectivity index (χ1n) is 6.84. The molecule has 0 bridgehead atoms. The van der Waals surface area contributed by atoms with Crippen molar-refractivity contribution in [3.05, 3.63) is 17.2 Å². The molecule has 0 saturated heterocycles. The minimum Gasteiger partial charge on any atom is -0.321 e. The zero-order valence-electron chi connectivity index (χ0n) is 10.9. The summed E-state index contributed by atoms with van der Waals surface area (Å²) >= 11 is 0. The van der Waals surface area contributed by atoms with Crippen LogP contribution in [0, 0.1) is 5.92 Å². The van der Waals surface area contributed by atoms with Gasteiger partial charge in [-0.1, -0.05) is 6.92 Å². The van der Waals surface area contributed by atoms with Crippen molar-refractivity contribution in [2.75, 3.05) is 6.54 Å². The lowest BCUT2D eigenvalue weighted by Crippen LogP contribution is -2.26. The van der Waals surface area contributed by atoms with Gasteiger partial charge in [-0.25, -0.2) is 4.98 Å². The van der Waals surface area contributed by atoms with Crippen LogP contribution in [0.1, 0.15) is 49.4 Å². The van der Waals surface area contributed by atoms with Crippen molar-refractivity contribution in [2.24, 2.45) is 5.92 Å². The maximum Gasteiger partial charge on any atom is 0.449 e. The minimum atomic E-state index is -4.36. The van der Waals surface area contributed by atoms with Crippen molar-refractivity contribution in [3.63, 3.8) is 0 Å². The summed E-state index contributed by atoms with van der Waals surface area (Å²) in [5.41, 5.74) is 1.38. The van der Waals surface area contributed by atoms with Gasteiger partial charge in [-0.15, -0.1) is 0 Å². The second kappa shape index (κ2) is 4.51. The van der Waals surface area contributed by atoms with E-state index in [-0.39, 0.29) is 6.04 Å². The molecule has 2 atom stereocenters. The highest BCUT2D eigenvalue weighted by Gasteiger charge is 2.41. The monoisotopic (exact) mass is 273 g/mol. The Bertz CT molecular complexity index is 478. The maximum absolute atomic E-state index is 13.2. The van der Waals surface area contributed by atoms with Crippen molar-refractivity contribution < 1.29 is 13.2 Å². The van der Waals surface area contributed by atoms with E-state index in [0.29, 0.717) is 24.6 Å². The first-order chi connectivity index (χ1) is 8.97. The summed E-state index contributed by atoms with van der Waals surface area (Å²) in [5, 5.41) is 3.09. The molecule has 6 heteroatoms. The highest BCUT2D eigenvalue weighted by atomic mass is 19.4. The molecule has 2 heterocycles. The fourth-order valence-electron chi connectivity index (χ4n) is 3.34. The number of fused-ring (bicyclic) bond motifs is 1. The predicted molar refractivity (Wildman–Crippen MR) is 64.7 cm³/mol. The molecule has 1 saturated carbocycles. The first kappa shape index (κ1) is 13.0. The number of nitrogens with one attached hydrogen (secondary N) is 1. The average molecular weight is 273 g/mol. The molecular weight excluding hydrogens is 255 g/mol. The SMILES string of the molecule is CC1CCC(n2c(C(F)(F)F)nc3c2CCNC3)C1. The van der Waals surface area contributed by atoms with Crippen molar-refractivity contribution in [1.82, 2.24) is 14.9 Å². The summed E-state index contributed by atoms with van der Waals surface area (Å²) in [6.45, 7) is 3.30. The topological polar surface area (TPSA) is 29.9 Å². The summed E-state index contributed by atoms with van der Waals surface area (Å²) < 4.78 is 41.0. The molecule has 0 spiro atoms. The molecule has 0 aromatic carbocycles. The second-order valence-electron chi connectivity index (χ2n) is 5.70. The zero-order chi connectivity index (χ0) is 13.6. The van der Waals surface area contributed by atoms with Gasteiger partial charge in [-0.3, -0.25) is 0 Å².